The van der Waals surface area contributed by atoms with E-state index in [9.17, 15) is 0 Å². The second kappa shape index (κ2) is 7.50. The maximum absolute atomic E-state index is 6.33. The molecular formula is C22H27N. The van der Waals surface area contributed by atoms with Gasteiger partial charge in [-0.2, -0.15) is 0 Å². The van der Waals surface area contributed by atoms with E-state index in [0.29, 0.717) is 11.8 Å². The molecule has 0 aliphatic heterocycles. The smallest absolute Gasteiger partial charge is 0.0352 e. The van der Waals surface area contributed by atoms with Crippen LogP contribution >= 0.6 is 0 Å². The molecule has 2 aromatic rings. The lowest BCUT2D eigenvalue weighted by Crippen LogP contribution is -2.16. The van der Waals surface area contributed by atoms with E-state index in [4.69, 9.17) is 5.73 Å². The van der Waals surface area contributed by atoms with Gasteiger partial charge in [-0.1, -0.05) is 79.4 Å². The predicted octanol–water partition coefficient (Wildman–Crippen LogP) is 5.95. The molecule has 1 aliphatic rings. The Bertz CT molecular complexity index is 651. The van der Waals surface area contributed by atoms with E-state index in [1.54, 1.807) is 0 Å². The molecule has 2 N–H and O–H groups in total. The van der Waals surface area contributed by atoms with Crippen LogP contribution in [-0.4, -0.2) is 0 Å². The van der Waals surface area contributed by atoms with Crippen molar-refractivity contribution in [1.82, 2.24) is 0 Å². The van der Waals surface area contributed by atoms with Gasteiger partial charge in [-0.15, -0.1) is 0 Å². The Kier molecular flexibility index (Phi) is 5.17. The van der Waals surface area contributed by atoms with Crippen molar-refractivity contribution in [3.63, 3.8) is 0 Å². The Morgan fingerprint density at radius 1 is 1.00 bits per heavy atom. The number of nitrogen functional groups attached to an aromatic ring is 1. The zero-order valence-electron chi connectivity index (χ0n) is 14.0. The SMILES string of the molecule is Cc1ccc(N)c(C(/C=C/c2ccccc2)C2CCCCC2)c1. The average Bonchev–Trinajstić information content (AvgIpc) is 2.60. The summed E-state index contributed by atoms with van der Waals surface area (Å²) in [5, 5.41) is 0. The van der Waals surface area contributed by atoms with Crippen molar-refractivity contribution >= 4 is 11.8 Å². The third kappa shape index (κ3) is 4.04. The van der Waals surface area contributed by atoms with Crippen molar-refractivity contribution < 1.29 is 0 Å². The molecule has 0 amide bonds. The number of allylic oxidation sites excluding steroid dienone is 1. The minimum Gasteiger partial charge on any atom is -0.398 e. The lowest BCUT2D eigenvalue weighted by molar-refractivity contribution is 0.333. The molecule has 1 atom stereocenters. The molecule has 0 saturated heterocycles. The molecule has 2 aromatic carbocycles. The average molecular weight is 305 g/mol. The van der Waals surface area contributed by atoms with Crippen LogP contribution in [0.4, 0.5) is 5.69 Å². The van der Waals surface area contributed by atoms with E-state index in [1.165, 1.54) is 48.8 Å². The van der Waals surface area contributed by atoms with E-state index >= 15 is 0 Å². The minimum atomic E-state index is 0.426. The Morgan fingerprint density at radius 3 is 2.48 bits per heavy atom. The highest BCUT2D eigenvalue weighted by atomic mass is 14.6. The van der Waals surface area contributed by atoms with Gasteiger partial charge >= 0.3 is 0 Å². The molecule has 1 saturated carbocycles. The fraction of sp³-hybridized carbons (Fsp3) is 0.364. The highest BCUT2D eigenvalue weighted by Crippen LogP contribution is 2.39. The second-order valence-corrected chi connectivity index (χ2v) is 6.83. The van der Waals surface area contributed by atoms with E-state index in [1.807, 2.05) is 0 Å². The van der Waals surface area contributed by atoms with Crippen molar-refractivity contribution in [3.05, 3.63) is 71.3 Å². The second-order valence-electron chi connectivity index (χ2n) is 6.83. The third-order valence-corrected chi connectivity index (χ3v) is 5.05. The maximum atomic E-state index is 6.33. The largest absolute Gasteiger partial charge is 0.398 e. The number of nitrogens with two attached hydrogens (primary N) is 1. The van der Waals surface area contributed by atoms with Crippen LogP contribution in [0.5, 0.6) is 0 Å². The van der Waals surface area contributed by atoms with Crippen LogP contribution in [-0.2, 0) is 0 Å². The van der Waals surface area contributed by atoms with Gasteiger partial charge in [0, 0.05) is 11.6 Å². The molecule has 0 radical (unpaired) electrons. The third-order valence-electron chi connectivity index (χ3n) is 5.05. The zero-order valence-corrected chi connectivity index (χ0v) is 14.0. The number of benzene rings is 2. The van der Waals surface area contributed by atoms with Crippen molar-refractivity contribution in [2.45, 2.75) is 44.9 Å². The van der Waals surface area contributed by atoms with Crippen LogP contribution in [0.25, 0.3) is 6.08 Å². The van der Waals surface area contributed by atoms with Crippen LogP contribution in [0.1, 0.15) is 54.7 Å². The summed E-state index contributed by atoms with van der Waals surface area (Å²) < 4.78 is 0. The molecule has 23 heavy (non-hydrogen) atoms. The molecule has 1 heteroatoms. The van der Waals surface area contributed by atoms with Crippen LogP contribution in [0.2, 0.25) is 0 Å². The molecule has 0 spiro atoms. The molecule has 1 unspecified atom stereocenters. The van der Waals surface area contributed by atoms with Crippen LogP contribution < -0.4 is 5.73 Å². The topological polar surface area (TPSA) is 26.0 Å². The lowest BCUT2D eigenvalue weighted by Gasteiger charge is -2.29. The fourth-order valence-electron chi connectivity index (χ4n) is 3.77. The van der Waals surface area contributed by atoms with Gasteiger partial charge in [0.15, 0.2) is 0 Å². The molecular weight excluding hydrogens is 278 g/mol. The van der Waals surface area contributed by atoms with Gasteiger partial charge in [0.05, 0.1) is 0 Å². The van der Waals surface area contributed by atoms with Gasteiger partial charge in [0.2, 0.25) is 0 Å². The van der Waals surface area contributed by atoms with Crippen LogP contribution in [0.3, 0.4) is 0 Å². The minimum absolute atomic E-state index is 0.426. The first-order valence-electron chi connectivity index (χ1n) is 8.83. The molecule has 0 heterocycles. The summed E-state index contributed by atoms with van der Waals surface area (Å²) in [6, 6.07) is 17.0. The highest BCUT2D eigenvalue weighted by Gasteiger charge is 2.24. The molecule has 120 valence electrons. The van der Waals surface area contributed by atoms with Crippen molar-refractivity contribution in [3.8, 4) is 0 Å². The summed E-state index contributed by atoms with van der Waals surface area (Å²) in [6.07, 6.45) is 11.4. The van der Waals surface area contributed by atoms with Gasteiger partial charge in [0.25, 0.3) is 0 Å². The predicted molar refractivity (Wildman–Crippen MR) is 100 cm³/mol. The first-order chi connectivity index (χ1) is 11.2. The molecule has 0 bridgehead atoms. The molecule has 1 nitrogen and oxygen atoms in total. The van der Waals surface area contributed by atoms with Crippen molar-refractivity contribution in [2.24, 2.45) is 5.92 Å². The van der Waals surface area contributed by atoms with E-state index < -0.39 is 0 Å². The summed E-state index contributed by atoms with van der Waals surface area (Å²) in [6.45, 7) is 2.15. The first kappa shape index (κ1) is 15.9. The number of aryl methyl sites for hydroxylation is 1. The van der Waals surface area contributed by atoms with Gasteiger partial charge < -0.3 is 5.73 Å². The Hall–Kier alpha value is -2.02. The van der Waals surface area contributed by atoms with E-state index in [0.717, 1.165) is 5.69 Å². The van der Waals surface area contributed by atoms with Gasteiger partial charge in [-0.25, -0.2) is 0 Å². The molecule has 1 fully saturated rings. The van der Waals surface area contributed by atoms with Gasteiger partial charge in [-0.3, -0.25) is 0 Å². The first-order valence-corrected chi connectivity index (χ1v) is 8.83. The highest BCUT2D eigenvalue weighted by molar-refractivity contribution is 5.56. The monoisotopic (exact) mass is 305 g/mol. The fourth-order valence-corrected chi connectivity index (χ4v) is 3.77. The summed E-state index contributed by atoms with van der Waals surface area (Å²) in [5.41, 5.74) is 11.1. The molecule has 0 aromatic heterocycles. The number of hydrogen-bond donors (Lipinski definition) is 1. The lowest BCUT2D eigenvalue weighted by atomic mass is 9.76. The maximum Gasteiger partial charge on any atom is 0.0352 e. The Labute approximate surface area is 140 Å². The van der Waals surface area contributed by atoms with Crippen LogP contribution in [0.15, 0.2) is 54.6 Å². The van der Waals surface area contributed by atoms with E-state index in [2.05, 4.69) is 67.6 Å². The normalized spacial score (nSPS) is 17.4. The van der Waals surface area contributed by atoms with Crippen molar-refractivity contribution in [2.75, 3.05) is 5.73 Å². The number of rotatable bonds is 4. The molecule has 3 rings (SSSR count). The van der Waals surface area contributed by atoms with Crippen molar-refractivity contribution in [1.29, 1.82) is 0 Å². The summed E-state index contributed by atoms with van der Waals surface area (Å²) in [5.74, 6) is 1.14. The van der Waals surface area contributed by atoms with E-state index in [-0.39, 0.29) is 0 Å². The number of anilines is 1. The summed E-state index contributed by atoms with van der Waals surface area (Å²) in [7, 11) is 0. The molecule has 1 aliphatic carbocycles. The Balaban J connectivity index is 1.93. The van der Waals surface area contributed by atoms with Crippen LogP contribution in [0, 0.1) is 12.8 Å². The number of hydrogen-bond acceptors (Lipinski definition) is 1. The standard InChI is InChI=1S/C22H27N/c1-17-12-15-22(23)21(16-17)20(19-10-6-3-7-11-19)14-13-18-8-4-2-5-9-18/h2,4-5,8-9,12-16,19-20H,3,6-7,10-11,23H2,1H3/b14-13+. The summed E-state index contributed by atoms with van der Waals surface area (Å²) in [4.78, 5) is 0. The Morgan fingerprint density at radius 2 is 1.74 bits per heavy atom. The zero-order chi connectivity index (χ0) is 16.1. The van der Waals surface area contributed by atoms with Gasteiger partial charge in [0.1, 0.15) is 0 Å². The summed E-state index contributed by atoms with van der Waals surface area (Å²) >= 11 is 0. The van der Waals surface area contributed by atoms with Gasteiger partial charge in [-0.05, 0) is 42.9 Å². The quantitative estimate of drug-likeness (QED) is 0.693.